The molecule has 1 aromatic carbocycles. The maximum absolute atomic E-state index is 13.4. The molecule has 1 heterocycles. The van der Waals surface area contributed by atoms with Crippen molar-refractivity contribution in [1.29, 1.82) is 0 Å². The minimum atomic E-state index is -0.409. The van der Waals surface area contributed by atoms with Gasteiger partial charge in [-0.05, 0) is 24.7 Å². The molecule has 90 valence electrons. The zero-order valence-electron chi connectivity index (χ0n) is 9.61. The van der Waals surface area contributed by atoms with Gasteiger partial charge in [0.2, 0.25) is 0 Å². The fourth-order valence-electron chi connectivity index (χ4n) is 1.81. The average Bonchev–Trinajstić information content (AvgIpc) is 2.71. The Morgan fingerprint density at radius 2 is 2.18 bits per heavy atom. The van der Waals surface area contributed by atoms with Gasteiger partial charge in [0.1, 0.15) is 5.82 Å². The molecule has 1 atom stereocenters. The first-order valence-electron chi connectivity index (χ1n) is 5.22. The SMILES string of the molecule is CNC(c1ccc(Cl)c(F)c1)c1cnn(C)c1. The van der Waals surface area contributed by atoms with E-state index in [-0.39, 0.29) is 11.1 Å². The van der Waals surface area contributed by atoms with Gasteiger partial charge in [-0.25, -0.2) is 4.39 Å². The highest BCUT2D eigenvalue weighted by Crippen LogP contribution is 2.24. The van der Waals surface area contributed by atoms with Gasteiger partial charge in [-0.3, -0.25) is 4.68 Å². The van der Waals surface area contributed by atoms with E-state index in [1.807, 2.05) is 20.3 Å². The van der Waals surface area contributed by atoms with Crippen molar-refractivity contribution in [2.45, 2.75) is 6.04 Å². The van der Waals surface area contributed by atoms with Crippen LogP contribution >= 0.6 is 11.6 Å². The van der Waals surface area contributed by atoms with Crippen molar-refractivity contribution in [3.05, 3.63) is 52.6 Å². The molecule has 1 N–H and O–H groups in total. The second-order valence-corrected chi connectivity index (χ2v) is 4.25. The van der Waals surface area contributed by atoms with E-state index in [4.69, 9.17) is 11.6 Å². The maximum Gasteiger partial charge on any atom is 0.142 e. The van der Waals surface area contributed by atoms with Crippen LogP contribution < -0.4 is 5.32 Å². The predicted octanol–water partition coefficient (Wildman–Crippen LogP) is 2.52. The lowest BCUT2D eigenvalue weighted by Gasteiger charge is -2.15. The van der Waals surface area contributed by atoms with Crippen LogP contribution in [0.4, 0.5) is 4.39 Å². The highest BCUT2D eigenvalue weighted by Gasteiger charge is 2.15. The number of aryl methyl sites for hydroxylation is 1. The monoisotopic (exact) mass is 253 g/mol. The van der Waals surface area contributed by atoms with Crippen molar-refractivity contribution < 1.29 is 4.39 Å². The lowest BCUT2D eigenvalue weighted by Crippen LogP contribution is -2.17. The van der Waals surface area contributed by atoms with E-state index in [1.54, 1.807) is 23.0 Å². The van der Waals surface area contributed by atoms with Gasteiger partial charge in [0.05, 0.1) is 17.3 Å². The standard InChI is InChI=1S/C12H13ClFN3/c1-15-12(9-6-16-17(2)7-9)8-3-4-10(13)11(14)5-8/h3-7,12,15H,1-2H3. The molecule has 2 rings (SSSR count). The molecular weight excluding hydrogens is 241 g/mol. The molecule has 0 aliphatic rings. The van der Waals surface area contributed by atoms with E-state index in [2.05, 4.69) is 10.4 Å². The third-order valence-electron chi connectivity index (χ3n) is 2.62. The van der Waals surface area contributed by atoms with E-state index in [0.29, 0.717) is 0 Å². The van der Waals surface area contributed by atoms with Crippen LogP contribution in [0.2, 0.25) is 5.02 Å². The number of halogens is 2. The Morgan fingerprint density at radius 1 is 1.41 bits per heavy atom. The summed E-state index contributed by atoms with van der Waals surface area (Å²) in [7, 11) is 3.67. The quantitative estimate of drug-likeness (QED) is 0.911. The summed E-state index contributed by atoms with van der Waals surface area (Å²) in [5.74, 6) is -0.409. The first-order valence-corrected chi connectivity index (χ1v) is 5.60. The zero-order valence-corrected chi connectivity index (χ0v) is 10.4. The van der Waals surface area contributed by atoms with Crippen LogP contribution in [0, 0.1) is 5.82 Å². The molecular formula is C12H13ClFN3. The fraction of sp³-hybridized carbons (Fsp3) is 0.250. The van der Waals surface area contributed by atoms with Gasteiger partial charge >= 0.3 is 0 Å². The van der Waals surface area contributed by atoms with Crippen molar-refractivity contribution in [2.75, 3.05) is 7.05 Å². The second-order valence-electron chi connectivity index (χ2n) is 3.84. The summed E-state index contributed by atoms with van der Waals surface area (Å²) in [6.07, 6.45) is 3.65. The van der Waals surface area contributed by atoms with Crippen LogP contribution in [0.3, 0.4) is 0 Å². The summed E-state index contributed by atoms with van der Waals surface area (Å²) in [5, 5.41) is 7.37. The summed E-state index contributed by atoms with van der Waals surface area (Å²) in [6.45, 7) is 0. The summed E-state index contributed by atoms with van der Waals surface area (Å²) in [6, 6.07) is 4.72. The highest BCUT2D eigenvalue weighted by atomic mass is 35.5. The molecule has 1 unspecified atom stereocenters. The van der Waals surface area contributed by atoms with Gasteiger partial charge < -0.3 is 5.32 Å². The molecule has 0 saturated carbocycles. The summed E-state index contributed by atoms with van der Waals surface area (Å²) in [5.41, 5.74) is 1.80. The number of benzene rings is 1. The predicted molar refractivity (Wildman–Crippen MR) is 65.5 cm³/mol. The first-order chi connectivity index (χ1) is 8.11. The van der Waals surface area contributed by atoms with Gasteiger partial charge in [-0.15, -0.1) is 0 Å². The summed E-state index contributed by atoms with van der Waals surface area (Å²) < 4.78 is 15.1. The number of aromatic nitrogens is 2. The van der Waals surface area contributed by atoms with Crippen LogP contribution in [0.1, 0.15) is 17.2 Å². The van der Waals surface area contributed by atoms with E-state index >= 15 is 0 Å². The minimum absolute atomic E-state index is 0.0875. The smallest absolute Gasteiger partial charge is 0.142 e. The van der Waals surface area contributed by atoms with Gasteiger partial charge in [0, 0.05) is 18.8 Å². The molecule has 0 aliphatic carbocycles. The van der Waals surface area contributed by atoms with Crippen LogP contribution in [0.15, 0.2) is 30.6 Å². The van der Waals surface area contributed by atoms with Crippen molar-refractivity contribution in [3.8, 4) is 0 Å². The third kappa shape index (κ3) is 2.48. The number of rotatable bonds is 3. The van der Waals surface area contributed by atoms with E-state index in [9.17, 15) is 4.39 Å². The third-order valence-corrected chi connectivity index (χ3v) is 2.93. The minimum Gasteiger partial charge on any atom is -0.309 e. The lowest BCUT2D eigenvalue weighted by molar-refractivity contribution is 0.617. The van der Waals surface area contributed by atoms with Crippen molar-refractivity contribution in [2.24, 2.45) is 7.05 Å². The average molecular weight is 254 g/mol. The molecule has 5 heteroatoms. The second kappa shape index (κ2) is 4.85. The number of hydrogen-bond acceptors (Lipinski definition) is 2. The van der Waals surface area contributed by atoms with Crippen LogP contribution in [0.25, 0.3) is 0 Å². The molecule has 0 spiro atoms. The van der Waals surface area contributed by atoms with Crippen LogP contribution in [-0.2, 0) is 7.05 Å². The van der Waals surface area contributed by atoms with Crippen molar-refractivity contribution >= 4 is 11.6 Å². The van der Waals surface area contributed by atoms with Gasteiger partial charge in [-0.2, -0.15) is 5.10 Å². The number of nitrogens with zero attached hydrogens (tertiary/aromatic N) is 2. The molecule has 17 heavy (non-hydrogen) atoms. The largest absolute Gasteiger partial charge is 0.309 e. The van der Waals surface area contributed by atoms with Crippen LogP contribution in [0.5, 0.6) is 0 Å². The summed E-state index contributed by atoms with van der Waals surface area (Å²) in [4.78, 5) is 0. The Labute approximate surface area is 104 Å². The zero-order chi connectivity index (χ0) is 12.4. The Balaban J connectivity index is 2.38. The van der Waals surface area contributed by atoms with Crippen molar-refractivity contribution in [1.82, 2.24) is 15.1 Å². The lowest BCUT2D eigenvalue weighted by atomic mass is 10.0. The first kappa shape index (κ1) is 12.1. The molecule has 0 saturated heterocycles. The highest BCUT2D eigenvalue weighted by molar-refractivity contribution is 6.30. The molecule has 3 nitrogen and oxygen atoms in total. The van der Waals surface area contributed by atoms with E-state index in [0.717, 1.165) is 11.1 Å². The fourth-order valence-corrected chi connectivity index (χ4v) is 1.92. The molecule has 0 radical (unpaired) electrons. The molecule has 2 aromatic rings. The van der Waals surface area contributed by atoms with E-state index in [1.165, 1.54) is 6.07 Å². The molecule has 0 amide bonds. The molecule has 0 fully saturated rings. The van der Waals surface area contributed by atoms with Crippen molar-refractivity contribution in [3.63, 3.8) is 0 Å². The van der Waals surface area contributed by atoms with Gasteiger partial charge in [0.15, 0.2) is 0 Å². The molecule has 0 bridgehead atoms. The van der Waals surface area contributed by atoms with Gasteiger partial charge in [-0.1, -0.05) is 17.7 Å². The number of hydrogen-bond donors (Lipinski definition) is 1. The normalized spacial score (nSPS) is 12.7. The Hall–Kier alpha value is -1.39. The number of nitrogens with one attached hydrogen (secondary N) is 1. The molecule has 0 aliphatic heterocycles. The van der Waals surface area contributed by atoms with E-state index < -0.39 is 5.82 Å². The maximum atomic E-state index is 13.4. The Morgan fingerprint density at radius 3 is 2.71 bits per heavy atom. The Kier molecular flexibility index (Phi) is 3.45. The Bertz CT molecular complexity index is 524. The molecule has 1 aromatic heterocycles. The van der Waals surface area contributed by atoms with Crippen LogP contribution in [-0.4, -0.2) is 16.8 Å². The van der Waals surface area contributed by atoms with Gasteiger partial charge in [0.25, 0.3) is 0 Å². The topological polar surface area (TPSA) is 29.9 Å². The summed E-state index contributed by atoms with van der Waals surface area (Å²) >= 11 is 5.67.